The number of ether oxygens (including phenoxy) is 1. The molecule has 4 heterocycles. The van der Waals surface area contributed by atoms with Crippen LogP contribution in [0.2, 0.25) is 0 Å². The molecule has 0 unspecified atom stereocenters. The van der Waals surface area contributed by atoms with Crippen LogP contribution in [-0.4, -0.2) is 91.9 Å². The molecule has 0 atom stereocenters. The largest absolute Gasteiger partial charge is 0.381 e. The number of aliphatic imine (C=N–C) groups is 1. The van der Waals surface area contributed by atoms with Crippen LogP contribution in [0.25, 0.3) is 0 Å². The number of nitrogens with zero attached hydrogens (tertiary/aromatic N) is 5. The zero-order valence-electron chi connectivity index (χ0n) is 18.3. The molecular weight excluding hydrogens is 491 g/mol. The van der Waals surface area contributed by atoms with Gasteiger partial charge in [0.15, 0.2) is 5.96 Å². The highest BCUT2D eigenvalue weighted by Crippen LogP contribution is 2.31. The number of hydrogen-bond acceptors (Lipinski definition) is 5. The van der Waals surface area contributed by atoms with Crippen LogP contribution in [0.5, 0.6) is 0 Å². The van der Waals surface area contributed by atoms with Gasteiger partial charge >= 0.3 is 0 Å². The molecule has 168 valence electrons. The lowest BCUT2D eigenvalue weighted by Gasteiger charge is -2.44. The molecular formula is C22H37IN6O. The number of aromatic nitrogens is 1. The molecule has 0 radical (unpaired) electrons. The Kier molecular flexibility index (Phi) is 9.00. The van der Waals surface area contributed by atoms with Gasteiger partial charge in [-0.25, -0.2) is 4.98 Å². The van der Waals surface area contributed by atoms with E-state index >= 15 is 0 Å². The number of halogens is 1. The molecule has 1 aromatic rings. The number of anilines is 1. The minimum absolute atomic E-state index is 0. The third kappa shape index (κ3) is 5.56. The maximum absolute atomic E-state index is 5.70. The summed E-state index contributed by atoms with van der Waals surface area (Å²) < 4.78 is 5.70. The highest BCUT2D eigenvalue weighted by molar-refractivity contribution is 14.0. The van der Waals surface area contributed by atoms with Gasteiger partial charge in [0, 0.05) is 57.7 Å². The van der Waals surface area contributed by atoms with Crippen LogP contribution >= 0.6 is 24.0 Å². The summed E-state index contributed by atoms with van der Waals surface area (Å²) in [5, 5.41) is 3.55. The Hall–Kier alpha value is -1.13. The topological polar surface area (TPSA) is 56.2 Å². The Labute approximate surface area is 198 Å². The third-order valence-corrected chi connectivity index (χ3v) is 6.61. The van der Waals surface area contributed by atoms with Crippen LogP contribution in [0.3, 0.4) is 0 Å². The highest BCUT2D eigenvalue weighted by Gasteiger charge is 2.39. The van der Waals surface area contributed by atoms with Gasteiger partial charge < -0.3 is 19.9 Å². The smallest absolute Gasteiger partial charge is 0.194 e. The highest BCUT2D eigenvalue weighted by atomic mass is 127. The van der Waals surface area contributed by atoms with Gasteiger partial charge in [-0.1, -0.05) is 6.07 Å². The Morgan fingerprint density at radius 1 is 1.10 bits per heavy atom. The van der Waals surface area contributed by atoms with Crippen molar-refractivity contribution in [3.63, 3.8) is 0 Å². The molecule has 0 aromatic carbocycles. The van der Waals surface area contributed by atoms with Crippen LogP contribution in [0.15, 0.2) is 29.4 Å². The summed E-state index contributed by atoms with van der Waals surface area (Å²) in [7, 11) is 0. The van der Waals surface area contributed by atoms with Crippen LogP contribution in [-0.2, 0) is 4.74 Å². The van der Waals surface area contributed by atoms with Gasteiger partial charge in [-0.05, 0) is 57.8 Å². The molecule has 0 saturated carbocycles. The summed E-state index contributed by atoms with van der Waals surface area (Å²) in [6, 6.07) is 6.13. The average molecular weight is 528 g/mol. The van der Waals surface area contributed by atoms with E-state index in [2.05, 4.69) is 44.1 Å². The van der Waals surface area contributed by atoms with Crippen molar-refractivity contribution >= 4 is 35.8 Å². The monoisotopic (exact) mass is 528 g/mol. The van der Waals surface area contributed by atoms with Crippen molar-refractivity contribution < 1.29 is 4.74 Å². The van der Waals surface area contributed by atoms with Crippen molar-refractivity contribution in [1.82, 2.24) is 20.1 Å². The Morgan fingerprint density at radius 2 is 1.83 bits per heavy atom. The Bertz CT molecular complexity index is 653. The van der Waals surface area contributed by atoms with Gasteiger partial charge in [0.05, 0.1) is 6.54 Å². The Balaban J connectivity index is 0.00000256. The van der Waals surface area contributed by atoms with Crippen LogP contribution < -0.4 is 10.2 Å². The lowest BCUT2D eigenvalue weighted by atomic mass is 9.88. The molecule has 3 aliphatic heterocycles. The Morgan fingerprint density at radius 3 is 2.47 bits per heavy atom. The van der Waals surface area contributed by atoms with E-state index in [4.69, 9.17) is 9.73 Å². The fraction of sp³-hybridized carbons (Fsp3) is 0.727. The van der Waals surface area contributed by atoms with Gasteiger partial charge in [0.1, 0.15) is 5.82 Å². The summed E-state index contributed by atoms with van der Waals surface area (Å²) >= 11 is 0. The van der Waals surface area contributed by atoms with Crippen LogP contribution in [0.4, 0.5) is 5.82 Å². The maximum Gasteiger partial charge on any atom is 0.194 e. The number of likely N-dealkylation sites (tertiary alicyclic amines) is 1. The van der Waals surface area contributed by atoms with Crippen LogP contribution in [0, 0.1) is 0 Å². The lowest BCUT2D eigenvalue weighted by Crippen LogP contribution is -2.55. The van der Waals surface area contributed by atoms with E-state index in [1.54, 1.807) is 0 Å². The fourth-order valence-electron chi connectivity index (χ4n) is 4.85. The normalized spacial score (nSPS) is 22.6. The van der Waals surface area contributed by atoms with E-state index in [0.29, 0.717) is 0 Å². The van der Waals surface area contributed by atoms with Crippen molar-refractivity contribution in [2.24, 2.45) is 4.99 Å². The predicted molar refractivity (Wildman–Crippen MR) is 133 cm³/mol. The first-order chi connectivity index (χ1) is 14.3. The number of pyridine rings is 1. The van der Waals surface area contributed by atoms with Gasteiger partial charge in [-0.15, -0.1) is 24.0 Å². The number of hydrogen-bond donors (Lipinski definition) is 1. The quantitative estimate of drug-likeness (QED) is 0.360. The molecule has 3 fully saturated rings. The number of rotatable bonds is 5. The van der Waals surface area contributed by atoms with Crippen molar-refractivity contribution in [3.05, 3.63) is 24.4 Å². The van der Waals surface area contributed by atoms with Gasteiger partial charge in [0.2, 0.25) is 0 Å². The molecule has 0 amide bonds. The van der Waals surface area contributed by atoms with Crippen molar-refractivity contribution in [2.45, 2.75) is 38.1 Å². The molecule has 1 N–H and O–H groups in total. The van der Waals surface area contributed by atoms with E-state index in [0.717, 1.165) is 77.1 Å². The first kappa shape index (κ1) is 23.5. The molecule has 0 aliphatic carbocycles. The van der Waals surface area contributed by atoms with Crippen molar-refractivity contribution in [3.8, 4) is 0 Å². The lowest BCUT2D eigenvalue weighted by molar-refractivity contribution is -0.0139. The minimum atomic E-state index is 0. The molecule has 3 aliphatic rings. The van der Waals surface area contributed by atoms with E-state index in [1.165, 1.54) is 25.9 Å². The summed E-state index contributed by atoms with van der Waals surface area (Å²) in [5.41, 5.74) is 0.186. The van der Waals surface area contributed by atoms with Crippen molar-refractivity contribution in [2.75, 3.05) is 70.5 Å². The zero-order chi connectivity index (χ0) is 19.9. The van der Waals surface area contributed by atoms with E-state index in [9.17, 15) is 0 Å². The summed E-state index contributed by atoms with van der Waals surface area (Å²) in [6.07, 6.45) is 6.72. The molecule has 3 saturated heterocycles. The fourth-order valence-corrected chi connectivity index (χ4v) is 4.85. The summed E-state index contributed by atoms with van der Waals surface area (Å²) in [5.74, 6) is 2.14. The van der Waals surface area contributed by atoms with E-state index in [-0.39, 0.29) is 29.5 Å². The SMILES string of the molecule is CCNC(=NCC1(N2CCCC2)CCOCC1)N1CCN(c2ccccn2)CC1.I. The first-order valence-corrected chi connectivity index (χ1v) is 11.3. The molecule has 0 spiro atoms. The number of guanidine groups is 1. The second-order valence-corrected chi connectivity index (χ2v) is 8.36. The number of nitrogens with one attached hydrogen (secondary N) is 1. The third-order valence-electron chi connectivity index (χ3n) is 6.61. The van der Waals surface area contributed by atoms with Crippen LogP contribution in [0.1, 0.15) is 32.6 Å². The molecule has 7 nitrogen and oxygen atoms in total. The molecule has 8 heteroatoms. The molecule has 0 bridgehead atoms. The summed E-state index contributed by atoms with van der Waals surface area (Å²) in [6.45, 7) is 12.0. The van der Waals surface area contributed by atoms with Gasteiger partial charge in [-0.3, -0.25) is 9.89 Å². The van der Waals surface area contributed by atoms with Gasteiger partial charge in [0.25, 0.3) is 0 Å². The molecule has 1 aromatic heterocycles. The minimum Gasteiger partial charge on any atom is -0.381 e. The maximum atomic E-state index is 5.70. The molecule has 30 heavy (non-hydrogen) atoms. The average Bonchev–Trinajstić information content (AvgIpc) is 3.34. The van der Waals surface area contributed by atoms with Crippen molar-refractivity contribution in [1.29, 1.82) is 0 Å². The van der Waals surface area contributed by atoms with Gasteiger partial charge in [-0.2, -0.15) is 0 Å². The predicted octanol–water partition coefficient (Wildman–Crippen LogP) is 2.43. The zero-order valence-corrected chi connectivity index (χ0v) is 20.6. The summed E-state index contributed by atoms with van der Waals surface area (Å²) in [4.78, 5) is 17.2. The second-order valence-electron chi connectivity index (χ2n) is 8.36. The standard InChI is InChI=1S/C22H36N6O.HI/c1-2-23-21(27-15-13-26(14-16-27)20-7-3-4-10-24-20)25-19-22(8-17-29-18-9-22)28-11-5-6-12-28;/h3-4,7,10H,2,5-6,8-9,11-19H2,1H3,(H,23,25);1H. The number of piperazine rings is 1. The first-order valence-electron chi connectivity index (χ1n) is 11.3. The molecule has 4 rings (SSSR count). The second kappa shape index (κ2) is 11.5. The van der Waals surface area contributed by atoms with E-state index in [1.807, 2.05) is 12.3 Å². The van der Waals surface area contributed by atoms with E-state index < -0.39 is 0 Å².